The van der Waals surface area contributed by atoms with Crippen molar-refractivity contribution in [3.05, 3.63) is 29.3 Å². The SMILES string of the molecule is CCC(CO)NS(=O)(=O)c1cc(C(=O)O)ccc1C. The Bertz CT molecular complexity index is 563. The van der Waals surface area contributed by atoms with Gasteiger partial charge in [-0.2, -0.15) is 0 Å². The Labute approximate surface area is 112 Å². The summed E-state index contributed by atoms with van der Waals surface area (Å²) in [6.07, 6.45) is 0.438. The van der Waals surface area contributed by atoms with E-state index in [1.807, 2.05) is 0 Å². The minimum atomic E-state index is -3.84. The molecule has 7 heteroatoms. The zero-order valence-corrected chi connectivity index (χ0v) is 11.6. The molecule has 1 rings (SSSR count). The largest absolute Gasteiger partial charge is 0.478 e. The van der Waals surface area contributed by atoms with Crippen LogP contribution in [0.25, 0.3) is 0 Å². The highest BCUT2D eigenvalue weighted by Gasteiger charge is 2.21. The molecule has 0 aliphatic carbocycles. The van der Waals surface area contributed by atoms with Crippen LogP contribution in [0.3, 0.4) is 0 Å². The zero-order chi connectivity index (χ0) is 14.6. The maximum absolute atomic E-state index is 12.1. The van der Waals surface area contributed by atoms with Gasteiger partial charge in [0.2, 0.25) is 10.0 Å². The van der Waals surface area contributed by atoms with E-state index in [4.69, 9.17) is 10.2 Å². The van der Waals surface area contributed by atoms with E-state index in [2.05, 4.69) is 4.72 Å². The number of benzene rings is 1. The average molecular weight is 287 g/mol. The van der Waals surface area contributed by atoms with Gasteiger partial charge in [0, 0.05) is 6.04 Å². The molecule has 1 unspecified atom stereocenters. The van der Waals surface area contributed by atoms with Gasteiger partial charge in [-0.3, -0.25) is 0 Å². The minimum absolute atomic E-state index is 0.0840. The molecule has 0 aromatic heterocycles. The fourth-order valence-corrected chi connectivity index (χ4v) is 3.14. The molecule has 19 heavy (non-hydrogen) atoms. The monoisotopic (exact) mass is 287 g/mol. The Kier molecular flexibility index (Phi) is 5.04. The summed E-state index contributed by atoms with van der Waals surface area (Å²) in [6, 6.07) is 3.32. The third-order valence-corrected chi connectivity index (χ3v) is 4.42. The van der Waals surface area contributed by atoms with Crippen molar-refractivity contribution >= 4 is 16.0 Å². The van der Waals surface area contributed by atoms with Gasteiger partial charge in [-0.15, -0.1) is 0 Å². The summed E-state index contributed by atoms with van der Waals surface area (Å²) in [4.78, 5) is 10.8. The topological polar surface area (TPSA) is 104 Å². The summed E-state index contributed by atoms with van der Waals surface area (Å²) in [5.41, 5.74) is 0.355. The lowest BCUT2D eigenvalue weighted by Gasteiger charge is -2.16. The maximum atomic E-state index is 12.1. The number of aryl methyl sites for hydroxylation is 1. The molecular formula is C12H17NO5S. The first-order chi connectivity index (χ1) is 8.81. The molecular weight excluding hydrogens is 270 g/mol. The Hall–Kier alpha value is -1.44. The van der Waals surface area contributed by atoms with Gasteiger partial charge >= 0.3 is 5.97 Å². The van der Waals surface area contributed by atoms with Crippen molar-refractivity contribution < 1.29 is 23.4 Å². The summed E-state index contributed by atoms with van der Waals surface area (Å²) in [7, 11) is -3.84. The number of aliphatic hydroxyl groups excluding tert-OH is 1. The van der Waals surface area contributed by atoms with Crippen LogP contribution < -0.4 is 4.72 Å². The van der Waals surface area contributed by atoms with Crippen LogP contribution in [0.15, 0.2) is 23.1 Å². The van der Waals surface area contributed by atoms with Crippen molar-refractivity contribution in [2.24, 2.45) is 0 Å². The first-order valence-electron chi connectivity index (χ1n) is 5.79. The summed E-state index contributed by atoms with van der Waals surface area (Å²) in [5.74, 6) is -1.19. The van der Waals surface area contributed by atoms with E-state index in [-0.39, 0.29) is 17.1 Å². The standard InChI is InChI=1S/C12H17NO5S/c1-3-10(7-14)13-19(17,18)11-6-9(12(15)16)5-4-8(11)2/h4-6,10,13-14H,3,7H2,1-2H3,(H,15,16). The van der Waals surface area contributed by atoms with E-state index in [0.717, 1.165) is 6.07 Å². The third-order valence-electron chi connectivity index (χ3n) is 2.76. The Morgan fingerprint density at radius 3 is 2.53 bits per heavy atom. The van der Waals surface area contributed by atoms with E-state index in [0.29, 0.717) is 12.0 Å². The lowest BCUT2D eigenvalue weighted by molar-refractivity contribution is 0.0696. The number of carboxylic acids is 1. The molecule has 106 valence electrons. The molecule has 0 fully saturated rings. The maximum Gasteiger partial charge on any atom is 0.335 e. The quantitative estimate of drug-likeness (QED) is 0.716. The van der Waals surface area contributed by atoms with Crippen LogP contribution in [0.4, 0.5) is 0 Å². The Morgan fingerprint density at radius 1 is 1.42 bits per heavy atom. The normalized spacial score (nSPS) is 13.2. The number of hydrogen-bond acceptors (Lipinski definition) is 4. The molecule has 0 saturated heterocycles. The number of hydrogen-bond donors (Lipinski definition) is 3. The van der Waals surface area contributed by atoms with Crippen molar-refractivity contribution in [3.63, 3.8) is 0 Å². The lowest BCUT2D eigenvalue weighted by Crippen LogP contribution is -2.37. The molecule has 1 aromatic rings. The number of nitrogens with one attached hydrogen (secondary N) is 1. The molecule has 1 atom stereocenters. The average Bonchev–Trinajstić information content (AvgIpc) is 2.35. The second-order valence-electron chi connectivity index (χ2n) is 4.19. The third kappa shape index (κ3) is 3.76. The highest BCUT2D eigenvalue weighted by molar-refractivity contribution is 7.89. The highest BCUT2D eigenvalue weighted by atomic mass is 32.2. The number of rotatable bonds is 6. The van der Waals surface area contributed by atoms with Crippen LogP contribution in [0, 0.1) is 6.92 Å². The van der Waals surface area contributed by atoms with Gasteiger partial charge in [0.25, 0.3) is 0 Å². The molecule has 1 aromatic carbocycles. The molecule has 0 bridgehead atoms. The van der Waals surface area contributed by atoms with E-state index in [9.17, 15) is 13.2 Å². The van der Waals surface area contributed by atoms with Crippen LogP contribution in [-0.2, 0) is 10.0 Å². The van der Waals surface area contributed by atoms with Crippen LogP contribution in [-0.4, -0.2) is 37.2 Å². The summed E-state index contributed by atoms with van der Waals surface area (Å²) in [5, 5.41) is 17.9. The van der Waals surface area contributed by atoms with Gasteiger partial charge < -0.3 is 10.2 Å². The fourth-order valence-electron chi connectivity index (χ4n) is 1.56. The second-order valence-corrected chi connectivity index (χ2v) is 5.88. The van der Waals surface area contributed by atoms with Crippen LogP contribution in [0.1, 0.15) is 29.3 Å². The predicted octanol–water partition coefficient (Wildman–Crippen LogP) is 0.742. The Morgan fingerprint density at radius 2 is 2.05 bits per heavy atom. The van der Waals surface area contributed by atoms with Crippen LogP contribution in [0.5, 0.6) is 0 Å². The molecule has 3 N–H and O–H groups in total. The van der Waals surface area contributed by atoms with Gasteiger partial charge in [-0.1, -0.05) is 13.0 Å². The molecule has 0 aliphatic heterocycles. The van der Waals surface area contributed by atoms with Crippen LogP contribution in [0.2, 0.25) is 0 Å². The number of sulfonamides is 1. The smallest absolute Gasteiger partial charge is 0.335 e. The zero-order valence-electron chi connectivity index (χ0n) is 10.8. The van der Waals surface area contributed by atoms with E-state index < -0.39 is 22.0 Å². The summed E-state index contributed by atoms with van der Waals surface area (Å²) < 4.78 is 26.6. The molecule has 0 aliphatic rings. The molecule has 0 amide bonds. The first kappa shape index (κ1) is 15.6. The molecule has 0 radical (unpaired) electrons. The van der Waals surface area contributed by atoms with Gasteiger partial charge in [-0.25, -0.2) is 17.9 Å². The lowest BCUT2D eigenvalue weighted by atomic mass is 10.1. The van der Waals surface area contributed by atoms with Crippen molar-refractivity contribution in [1.82, 2.24) is 4.72 Å². The van der Waals surface area contributed by atoms with E-state index >= 15 is 0 Å². The van der Waals surface area contributed by atoms with Crippen molar-refractivity contribution in [2.75, 3.05) is 6.61 Å². The van der Waals surface area contributed by atoms with Gasteiger partial charge in [0.05, 0.1) is 17.1 Å². The molecule has 0 spiro atoms. The summed E-state index contributed by atoms with van der Waals surface area (Å²) in [6.45, 7) is 3.01. The van der Waals surface area contributed by atoms with Crippen molar-refractivity contribution in [2.45, 2.75) is 31.2 Å². The number of carbonyl (C=O) groups is 1. The molecule has 0 saturated carbocycles. The van der Waals surface area contributed by atoms with E-state index in [1.165, 1.54) is 12.1 Å². The second kappa shape index (κ2) is 6.14. The number of aromatic carboxylic acids is 1. The highest BCUT2D eigenvalue weighted by Crippen LogP contribution is 2.17. The van der Waals surface area contributed by atoms with Crippen LogP contribution >= 0.6 is 0 Å². The minimum Gasteiger partial charge on any atom is -0.478 e. The number of aliphatic hydroxyl groups is 1. The predicted molar refractivity (Wildman–Crippen MR) is 69.6 cm³/mol. The fraction of sp³-hybridized carbons (Fsp3) is 0.417. The van der Waals surface area contributed by atoms with E-state index in [1.54, 1.807) is 13.8 Å². The van der Waals surface area contributed by atoms with Crippen molar-refractivity contribution in [3.8, 4) is 0 Å². The molecule has 6 nitrogen and oxygen atoms in total. The van der Waals surface area contributed by atoms with Gasteiger partial charge in [-0.05, 0) is 31.0 Å². The van der Waals surface area contributed by atoms with Gasteiger partial charge in [0.15, 0.2) is 0 Å². The Balaban J connectivity index is 3.20. The van der Waals surface area contributed by atoms with Gasteiger partial charge in [0.1, 0.15) is 0 Å². The van der Waals surface area contributed by atoms with Crippen molar-refractivity contribution in [1.29, 1.82) is 0 Å². The summed E-state index contributed by atoms with van der Waals surface area (Å²) >= 11 is 0. The first-order valence-corrected chi connectivity index (χ1v) is 7.27. The molecule has 0 heterocycles. The number of carboxylic acid groups (broad SMARTS) is 1.